The quantitative estimate of drug-likeness (QED) is 0.398. The van der Waals surface area contributed by atoms with Gasteiger partial charge in [-0.05, 0) is 12.0 Å². The number of methoxy groups -OCH3 is 1. The van der Waals surface area contributed by atoms with Gasteiger partial charge in [0, 0.05) is 38.9 Å². The topological polar surface area (TPSA) is 96.9 Å². The highest BCUT2D eigenvalue weighted by Gasteiger charge is 2.23. The van der Waals surface area contributed by atoms with Crippen LogP contribution >= 0.6 is 0 Å². The van der Waals surface area contributed by atoms with E-state index in [0.29, 0.717) is 63.3 Å². The molecule has 3 rings (SSSR count). The summed E-state index contributed by atoms with van der Waals surface area (Å²) in [5.74, 6) is 0.611. The van der Waals surface area contributed by atoms with Crippen LogP contribution in [0.25, 0.3) is 0 Å². The molecule has 1 saturated heterocycles. The SMILES string of the molecule is CCCNc1nc(N2CCOCC2)ncc1C(=O)N(C/C=C/CC(=O)OC)Cc1ccccc1. The van der Waals surface area contributed by atoms with Crippen molar-refractivity contribution in [2.45, 2.75) is 26.3 Å². The Balaban J connectivity index is 1.85. The molecule has 9 nitrogen and oxygen atoms in total. The highest BCUT2D eigenvalue weighted by atomic mass is 16.5. The molecule has 1 aliphatic heterocycles. The van der Waals surface area contributed by atoms with Crippen LogP contribution in [0.1, 0.15) is 35.7 Å². The fourth-order valence-electron chi connectivity index (χ4n) is 3.48. The summed E-state index contributed by atoms with van der Waals surface area (Å²) in [7, 11) is 1.35. The molecule has 1 N–H and O–H groups in total. The number of carbonyl (C=O) groups is 2. The summed E-state index contributed by atoms with van der Waals surface area (Å²) in [5, 5.41) is 3.30. The summed E-state index contributed by atoms with van der Waals surface area (Å²) in [5.41, 5.74) is 1.42. The van der Waals surface area contributed by atoms with E-state index in [9.17, 15) is 9.59 Å². The van der Waals surface area contributed by atoms with Gasteiger partial charge in [0.05, 0.1) is 26.7 Å². The number of esters is 1. The molecule has 9 heteroatoms. The molecular formula is C25H33N5O4. The van der Waals surface area contributed by atoms with E-state index >= 15 is 0 Å². The van der Waals surface area contributed by atoms with Gasteiger partial charge in [-0.25, -0.2) is 4.98 Å². The van der Waals surface area contributed by atoms with Crippen molar-refractivity contribution in [3.05, 3.63) is 59.8 Å². The second kappa shape index (κ2) is 13.3. The molecule has 1 fully saturated rings. The molecule has 1 aromatic carbocycles. The number of anilines is 2. The predicted molar refractivity (Wildman–Crippen MR) is 131 cm³/mol. The van der Waals surface area contributed by atoms with Crippen LogP contribution in [-0.4, -0.2) is 73.2 Å². The minimum Gasteiger partial charge on any atom is -0.469 e. The Hall–Kier alpha value is -3.46. The molecule has 0 radical (unpaired) electrons. The van der Waals surface area contributed by atoms with Crippen LogP contribution in [0, 0.1) is 0 Å². The molecule has 1 aromatic heterocycles. The number of ether oxygens (including phenoxy) is 2. The summed E-state index contributed by atoms with van der Waals surface area (Å²) < 4.78 is 10.1. The number of amides is 1. The first-order chi connectivity index (χ1) is 16.6. The number of nitrogens with one attached hydrogen (secondary N) is 1. The number of carbonyl (C=O) groups excluding carboxylic acids is 2. The molecule has 2 aromatic rings. The molecule has 34 heavy (non-hydrogen) atoms. The van der Waals surface area contributed by atoms with Gasteiger partial charge < -0.3 is 24.6 Å². The average Bonchev–Trinajstić information content (AvgIpc) is 2.89. The van der Waals surface area contributed by atoms with Crippen molar-refractivity contribution < 1.29 is 19.1 Å². The fourth-order valence-corrected chi connectivity index (χ4v) is 3.48. The maximum absolute atomic E-state index is 13.7. The zero-order valence-corrected chi connectivity index (χ0v) is 19.9. The third-order valence-corrected chi connectivity index (χ3v) is 5.35. The van der Waals surface area contributed by atoms with Gasteiger partial charge in [-0.15, -0.1) is 0 Å². The largest absolute Gasteiger partial charge is 0.469 e. The molecule has 0 bridgehead atoms. The lowest BCUT2D eigenvalue weighted by Gasteiger charge is -2.28. The summed E-state index contributed by atoms with van der Waals surface area (Å²) in [6.07, 6.45) is 6.18. The Labute approximate surface area is 200 Å². The molecule has 0 spiro atoms. The maximum atomic E-state index is 13.7. The molecule has 0 atom stereocenters. The average molecular weight is 468 g/mol. The maximum Gasteiger partial charge on any atom is 0.309 e. The van der Waals surface area contributed by atoms with Crippen molar-refractivity contribution in [3.8, 4) is 0 Å². The number of nitrogens with zero attached hydrogens (tertiary/aromatic N) is 4. The highest BCUT2D eigenvalue weighted by molar-refractivity contribution is 5.98. The van der Waals surface area contributed by atoms with Gasteiger partial charge in [-0.3, -0.25) is 9.59 Å². The number of rotatable bonds is 11. The predicted octanol–water partition coefficient (Wildman–Crippen LogP) is 2.90. The van der Waals surface area contributed by atoms with E-state index < -0.39 is 0 Å². The molecule has 2 heterocycles. The lowest BCUT2D eigenvalue weighted by molar-refractivity contribution is -0.139. The smallest absolute Gasteiger partial charge is 0.309 e. The van der Waals surface area contributed by atoms with Crippen LogP contribution in [0.5, 0.6) is 0 Å². The fraction of sp³-hybridized carbons (Fsp3) is 0.440. The van der Waals surface area contributed by atoms with Crippen molar-refractivity contribution in [2.75, 3.05) is 56.7 Å². The molecule has 1 aliphatic rings. The van der Waals surface area contributed by atoms with Crippen molar-refractivity contribution in [2.24, 2.45) is 0 Å². The third kappa shape index (κ3) is 7.28. The summed E-state index contributed by atoms with van der Waals surface area (Å²) in [6, 6.07) is 9.79. The molecule has 0 saturated carbocycles. The van der Waals surface area contributed by atoms with Gasteiger partial charge in [-0.1, -0.05) is 49.4 Å². The molecular weight excluding hydrogens is 434 g/mol. The zero-order chi connectivity index (χ0) is 24.2. The van der Waals surface area contributed by atoms with E-state index in [2.05, 4.69) is 26.9 Å². The van der Waals surface area contributed by atoms with Crippen molar-refractivity contribution in [1.29, 1.82) is 0 Å². The van der Waals surface area contributed by atoms with Gasteiger partial charge in [0.15, 0.2) is 0 Å². The van der Waals surface area contributed by atoms with Gasteiger partial charge in [0.2, 0.25) is 5.95 Å². The number of benzene rings is 1. The third-order valence-electron chi connectivity index (χ3n) is 5.35. The molecule has 1 amide bonds. The number of hydrogen-bond donors (Lipinski definition) is 1. The second-order valence-electron chi connectivity index (χ2n) is 7.88. The number of morpholine rings is 1. The summed E-state index contributed by atoms with van der Waals surface area (Å²) >= 11 is 0. The van der Waals surface area contributed by atoms with Crippen LogP contribution in [0.3, 0.4) is 0 Å². The summed E-state index contributed by atoms with van der Waals surface area (Å²) in [6.45, 7) is 6.19. The minimum absolute atomic E-state index is 0.157. The van der Waals surface area contributed by atoms with Gasteiger partial charge >= 0.3 is 5.97 Å². The van der Waals surface area contributed by atoms with Gasteiger partial charge in [0.1, 0.15) is 11.4 Å². The van der Waals surface area contributed by atoms with Crippen molar-refractivity contribution >= 4 is 23.6 Å². The Morgan fingerprint density at radius 3 is 2.68 bits per heavy atom. The Morgan fingerprint density at radius 2 is 1.97 bits per heavy atom. The second-order valence-corrected chi connectivity index (χ2v) is 7.88. The van der Waals surface area contributed by atoms with E-state index in [1.54, 1.807) is 23.2 Å². The summed E-state index contributed by atoms with van der Waals surface area (Å²) in [4.78, 5) is 38.1. The van der Waals surface area contributed by atoms with Crippen LogP contribution in [0.4, 0.5) is 11.8 Å². The van der Waals surface area contributed by atoms with Crippen LogP contribution in [0.2, 0.25) is 0 Å². The lowest BCUT2D eigenvalue weighted by atomic mass is 10.2. The van der Waals surface area contributed by atoms with Gasteiger partial charge in [-0.2, -0.15) is 4.98 Å². The first-order valence-corrected chi connectivity index (χ1v) is 11.6. The van der Waals surface area contributed by atoms with Crippen LogP contribution in [0.15, 0.2) is 48.7 Å². The van der Waals surface area contributed by atoms with Crippen LogP contribution in [-0.2, 0) is 20.8 Å². The Morgan fingerprint density at radius 1 is 1.21 bits per heavy atom. The monoisotopic (exact) mass is 467 g/mol. The molecule has 0 unspecified atom stereocenters. The zero-order valence-electron chi connectivity index (χ0n) is 19.9. The first kappa shape index (κ1) is 25.2. The highest BCUT2D eigenvalue weighted by Crippen LogP contribution is 2.20. The number of aromatic nitrogens is 2. The van der Waals surface area contributed by atoms with E-state index in [1.807, 2.05) is 30.3 Å². The van der Waals surface area contributed by atoms with Gasteiger partial charge in [0.25, 0.3) is 5.91 Å². The molecule has 182 valence electrons. The standard InChI is InChI=1S/C25H33N5O4/c1-3-12-26-23-21(18-27-25(28-23)29-14-16-34-17-15-29)24(32)30(13-8-7-11-22(31)33-2)19-20-9-5-4-6-10-20/h4-10,18H,3,11-17,19H2,1-2H3,(H,26,27,28)/b8-7+. The minimum atomic E-state index is -0.324. The normalized spacial score (nSPS) is 13.6. The van der Waals surface area contributed by atoms with E-state index in [0.717, 1.165) is 12.0 Å². The van der Waals surface area contributed by atoms with Crippen LogP contribution < -0.4 is 10.2 Å². The van der Waals surface area contributed by atoms with Crippen molar-refractivity contribution in [3.63, 3.8) is 0 Å². The lowest BCUT2D eigenvalue weighted by Crippen LogP contribution is -2.38. The van der Waals surface area contributed by atoms with Crippen molar-refractivity contribution in [1.82, 2.24) is 14.9 Å². The Kier molecular flexibility index (Phi) is 9.84. The number of hydrogen-bond acceptors (Lipinski definition) is 8. The Bertz CT molecular complexity index is 961. The molecule has 0 aliphatic carbocycles. The van der Waals surface area contributed by atoms with E-state index in [4.69, 9.17) is 9.72 Å². The first-order valence-electron chi connectivity index (χ1n) is 11.6. The van der Waals surface area contributed by atoms with E-state index in [-0.39, 0.29) is 18.3 Å². The van der Waals surface area contributed by atoms with E-state index in [1.165, 1.54) is 7.11 Å².